The topological polar surface area (TPSA) is 86.2 Å². The first-order valence-electron chi connectivity index (χ1n) is 2.69. The van der Waals surface area contributed by atoms with Crippen molar-refractivity contribution in [3.05, 3.63) is 27.7 Å². The Balaban J connectivity index is 3.27. The van der Waals surface area contributed by atoms with Gasteiger partial charge in [-0.15, -0.1) is 5.76 Å². The first-order valence-corrected chi connectivity index (χ1v) is 3.45. The smallest absolute Gasteiger partial charge is 0.168 e. The number of Topliss-reactive ketones (excluding diaryl/α,β-unsaturated/α-hetero) is 1. The van der Waals surface area contributed by atoms with E-state index in [9.17, 15) is 20.1 Å². The van der Waals surface area contributed by atoms with E-state index < -0.39 is 33.5 Å². The molecule has 0 aromatic rings. The molecule has 0 heterocycles. The van der Waals surface area contributed by atoms with Crippen LogP contribution in [0.1, 0.15) is 0 Å². The largest absolute Gasteiger partial charge is 0.872 e. The maximum Gasteiger partial charge on any atom is 0.168 e. The maximum absolute atomic E-state index is 10.7. The van der Waals surface area contributed by atoms with Crippen LogP contribution in [0.2, 0.25) is 0 Å². The molecule has 0 aromatic carbocycles. The van der Waals surface area contributed by atoms with E-state index in [2.05, 4.69) is 0 Å². The van der Waals surface area contributed by atoms with E-state index in [0.717, 1.165) is 0 Å². The molecule has 1 aliphatic rings. The summed E-state index contributed by atoms with van der Waals surface area (Å²) in [4.78, 5) is 10.7. The number of hydrogen-bond donors (Lipinski definition) is 0. The molecule has 0 atom stereocenters. The summed E-state index contributed by atoms with van der Waals surface area (Å²) < 4.78 is 0. The molecule has 12 heavy (non-hydrogen) atoms. The molecule has 1 radical (unpaired) electrons. The number of halogens is 2. The van der Waals surface area contributed by atoms with Crippen LogP contribution in [0.4, 0.5) is 0 Å². The highest BCUT2D eigenvalue weighted by atomic mass is 35.5. The van der Waals surface area contributed by atoms with E-state index >= 15 is 0 Å². The van der Waals surface area contributed by atoms with E-state index in [1.807, 2.05) is 0 Å². The van der Waals surface area contributed by atoms with Crippen molar-refractivity contribution in [2.75, 3.05) is 0 Å². The molecule has 0 aromatic heterocycles. The third-order valence-corrected chi connectivity index (χ3v) is 1.90. The van der Waals surface area contributed by atoms with Crippen LogP contribution in [-0.2, 0) is 4.79 Å². The van der Waals surface area contributed by atoms with Crippen LogP contribution in [0.5, 0.6) is 0 Å². The second-order valence-electron chi connectivity index (χ2n) is 1.94. The van der Waals surface area contributed by atoms with Crippen molar-refractivity contribution < 1.29 is 20.1 Å². The molecule has 0 unspecified atom stereocenters. The van der Waals surface area contributed by atoms with Crippen molar-refractivity contribution in [3.8, 4) is 0 Å². The fraction of sp³-hybridized carbons (Fsp3) is 0. The van der Waals surface area contributed by atoms with Gasteiger partial charge in [0.25, 0.3) is 0 Å². The summed E-state index contributed by atoms with van der Waals surface area (Å²) in [6.07, 6.45) is -1.23. The third kappa shape index (κ3) is 1.18. The van der Waals surface area contributed by atoms with Crippen molar-refractivity contribution in [1.82, 2.24) is 0 Å². The van der Waals surface area contributed by atoms with Crippen LogP contribution >= 0.6 is 23.2 Å². The van der Waals surface area contributed by atoms with E-state index in [0.29, 0.717) is 0 Å². The van der Waals surface area contributed by atoms with Gasteiger partial charge in [-0.2, -0.15) is 0 Å². The molecule has 6 heteroatoms. The lowest BCUT2D eigenvalue weighted by molar-refractivity contribution is -0.374. The average Bonchev–Trinajstić information content (AvgIpc) is 2.08. The molecule has 0 saturated carbocycles. The molecule has 0 bridgehead atoms. The Morgan fingerprint density at radius 1 is 0.917 bits per heavy atom. The molecular weight excluding hydrogens is 207 g/mol. The van der Waals surface area contributed by atoms with Gasteiger partial charge in [-0.3, -0.25) is 4.79 Å². The van der Waals surface area contributed by atoms with Gasteiger partial charge in [-0.05, 0) is 6.10 Å². The Bertz CT molecular complexity index is 305. The van der Waals surface area contributed by atoms with Gasteiger partial charge in [-0.25, -0.2) is 0 Å². The Morgan fingerprint density at radius 2 is 1.33 bits per heavy atom. The molecule has 0 aliphatic heterocycles. The average molecular weight is 207 g/mol. The minimum absolute atomic E-state index is 0.894. The summed E-state index contributed by atoms with van der Waals surface area (Å²) in [5.74, 6) is -3.69. The van der Waals surface area contributed by atoms with Crippen LogP contribution in [-0.4, -0.2) is 5.78 Å². The molecule has 0 N–H and O–H groups in total. The number of ketones is 1. The van der Waals surface area contributed by atoms with Gasteiger partial charge in [0, 0.05) is 5.03 Å². The van der Waals surface area contributed by atoms with E-state index in [-0.39, 0.29) is 0 Å². The van der Waals surface area contributed by atoms with E-state index in [4.69, 9.17) is 23.2 Å². The summed E-state index contributed by atoms with van der Waals surface area (Å²) in [5.41, 5.74) is 0. The molecule has 65 valence electrons. The molecule has 1 rings (SSSR count). The monoisotopic (exact) mass is 206 g/mol. The summed E-state index contributed by atoms with van der Waals surface area (Å²) >= 11 is 10.2. The lowest BCUT2D eigenvalue weighted by Gasteiger charge is -2.35. The predicted molar refractivity (Wildman–Crippen MR) is 34.0 cm³/mol. The predicted octanol–water partition coefficient (Wildman–Crippen LogP) is -1.92. The third-order valence-electron chi connectivity index (χ3n) is 1.21. The highest BCUT2D eigenvalue weighted by Crippen LogP contribution is 2.29. The van der Waals surface area contributed by atoms with Crippen LogP contribution < -0.4 is 15.3 Å². The highest BCUT2D eigenvalue weighted by Gasteiger charge is 2.20. The fourth-order valence-electron chi connectivity index (χ4n) is 0.605. The number of carbonyl (C=O) groups is 1. The van der Waals surface area contributed by atoms with Gasteiger partial charge in [0.05, 0.1) is 5.03 Å². The molecule has 0 spiro atoms. The van der Waals surface area contributed by atoms with Gasteiger partial charge < -0.3 is 15.3 Å². The summed E-state index contributed by atoms with van der Waals surface area (Å²) in [7, 11) is 0. The number of carbonyl (C=O) groups excluding carboxylic acids is 1. The molecule has 0 amide bonds. The van der Waals surface area contributed by atoms with Gasteiger partial charge >= 0.3 is 0 Å². The van der Waals surface area contributed by atoms with Crippen molar-refractivity contribution in [3.63, 3.8) is 0 Å². The molecular formula is C6Cl2O4-3. The molecule has 0 fully saturated rings. The fourth-order valence-corrected chi connectivity index (χ4v) is 0.948. The van der Waals surface area contributed by atoms with E-state index in [1.54, 1.807) is 0 Å². The zero-order valence-electron chi connectivity index (χ0n) is 5.39. The Labute approximate surface area is 77.3 Å². The minimum Gasteiger partial charge on any atom is -0.872 e. The van der Waals surface area contributed by atoms with Crippen molar-refractivity contribution >= 4 is 29.0 Å². The van der Waals surface area contributed by atoms with Crippen molar-refractivity contribution in [2.45, 2.75) is 0 Å². The number of rotatable bonds is 0. The van der Waals surface area contributed by atoms with Crippen LogP contribution in [0.15, 0.2) is 21.6 Å². The van der Waals surface area contributed by atoms with Crippen molar-refractivity contribution in [2.24, 2.45) is 0 Å². The zero-order chi connectivity index (χ0) is 9.46. The zero-order valence-corrected chi connectivity index (χ0v) is 6.90. The van der Waals surface area contributed by atoms with Gasteiger partial charge in [0.15, 0.2) is 5.78 Å². The second kappa shape index (κ2) is 2.97. The number of hydrogen-bond acceptors (Lipinski definition) is 4. The van der Waals surface area contributed by atoms with Gasteiger partial charge in [0.1, 0.15) is 0 Å². The van der Waals surface area contributed by atoms with E-state index in [1.165, 1.54) is 0 Å². The lowest BCUT2D eigenvalue weighted by Crippen LogP contribution is -2.35. The quantitative estimate of drug-likeness (QED) is 0.463. The minimum atomic E-state index is -1.23. The van der Waals surface area contributed by atoms with Crippen molar-refractivity contribution in [1.29, 1.82) is 0 Å². The normalized spacial score (nSPS) is 20.8. The Morgan fingerprint density at radius 3 is 1.83 bits per heavy atom. The highest BCUT2D eigenvalue weighted by molar-refractivity contribution is 6.48. The maximum atomic E-state index is 10.7. The van der Waals surface area contributed by atoms with Crippen LogP contribution in [0, 0.1) is 6.10 Å². The Kier molecular flexibility index (Phi) is 2.32. The SMILES string of the molecule is O=C1[C]([O-])C(Cl)=C([O-])C([O-])=C1Cl. The lowest BCUT2D eigenvalue weighted by atomic mass is 10.1. The summed E-state index contributed by atoms with van der Waals surface area (Å²) in [5, 5.41) is 30.3. The summed E-state index contributed by atoms with van der Waals surface area (Å²) in [6, 6.07) is 0. The standard InChI is InChI=1S/C6H2Cl2O4/c7-1-3(9)5(11)2(8)6(12)4(1)10/h9,11H/q-1/p-2. The van der Waals surface area contributed by atoms with Crippen LogP contribution in [0.25, 0.3) is 0 Å². The Hall–Kier alpha value is -0.710. The first-order chi connectivity index (χ1) is 5.46. The molecule has 0 saturated heterocycles. The van der Waals surface area contributed by atoms with Gasteiger partial charge in [0.2, 0.25) is 0 Å². The van der Waals surface area contributed by atoms with Crippen LogP contribution in [0.3, 0.4) is 0 Å². The second-order valence-corrected chi connectivity index (χ2v) is 2.70. The molecule has 1 aliphatic carbocycles. The van der Waals surface area contributed by atoms with Gasteiger partial charge in [-0.1, -0.05) is 29.0 Å². The molecule has 4 nitrogen and oxygen atoms in total. The summed E-state index contributed by atoms with van der Waals surface area (Å²) in [6.45, 7) is 0. The first kappa shape index (κ1) is 9.38.